The zero-order valence-corrected chi connectivity index (χ0v) is 45.3. The summed E-state index contributed by atoms with van der Waals surface area (Å²) in [5.41, 5.74) is 18.6. The van der Waals surface area contributed by atoms with Gasteiger partial charge in [-0.05, 0) is 206 Å². The molecule has 13 rings (SSSR count). The summed E-state index contributed by atoms with van der Waals surface area (Å²) in [5.74, 6) is 0. The normalized spacial score (nSPS) is 11.1. The van der Waals surface area contributed by atoms with Gasteiger partial charge in [-0.25, -0.2) is 0 Å². The predicted molar refractivity (Wildman–Crippen MR) is 344 cm³/mol. The summed E-state index contributed by atoms with van der Waals surface area (Å²) in [7, 11) is 0. The van der Waals surface area contributed by atoms with Gasteiger partial charge in [0.2, 0.25) is 0 Å². The van der Waals surface area contributed by atoms with Gasteiger partial charge in [0.15, 0.2) is 0 Å². The van der Waals surface area contributed by atoms with Crippen molar-refractivity contribution in [2.24, 2.45) is 0 Å². The van der Waals surface area contributed by atoms with Gasteiger partial charge >= 0.3 is 0 Å². The number of anilines is 15. The summed E-state index contributed by atoms with van der Waals surface area (Å²) in [5, 5.41) is 4.81. The molecular weight excluding hydrogens is 983 g/mol. The van der Waals surface area contributed by atoms with Crippen molar-refractivity contribution in [2.75, 3.05) is 24.5 Å². The summed E-state index contributed by atoms with van der Waals surface area (Å²) in [6.45, 7) is 4.31. The topological polar surface area (TPSA) is 16.2 Å². The number of rotatable bonds is 15. The number of hydrogen-bond donors (Lipinski definition) is 0. The van der Waals surface area contributed by atoms with Crippen LogP contribution < -0.4 is 24.5 Å². The van der Waals surface area contributed by atoms with E-state index in [-0.39, 0.29) is 0 Å². The van der Waals surface area contributed by atoms with Crippen molar-refractivity contribution < 1.29 is 0 Å². The molecular formula is C76H59N5. The summed E-state index contributed by atoms with van der Waals surface area (Å²) in [6, 6.07) is 116. The highest BCUT2D eigenvalue weighted by atomic mass is 15.2. The van der Waals surface area contributed by atoms with E-state index in [4.69, 9.17) is 0 Å². The van der Waals surface area contributed by atoms with Crippen molar-refractivity contribution in [3.05, 3.63) is 333 Å². The number of para-hydroxylation sites is 3. The van der Waals surface area contributed by atoms with Crippen LogP contribution >= 0.6 is 0 Å². The number of hydrogen-bond acceptors (Lipinski definition) is 5. The third-order valence-corrected chi connectivity index (χ3v) is 15.0. The molecule has 0 fully saturated rings. The molecule has 0 atom stereocenters. The standard InChI is InChI=1S/C76H59N5/c1-56-20-16-32-71(54-56)80(75-36-18-24-58-22-12-14-34-73(58)75)69-50-46-67(47-51-69)78(61-28-8-4-9-29-61)65-42-38-63(39-43-65)77(60-26-6-3-7-27-60)64-40-44-66(45-41-64)79(62-30-10-5-11-31-62)68-48-52-70(53-49-68)81(72-33-17-21-57(2)55-72)76-37-19-25-59-23-13-15-35-74(59)76/h3-55H,1-2H3. The second kappa shape index (κ2) is 22.4. The van der Waals surface area contributed by atoms with E-state index in [2.05, 4.69) is 360 Å². The Bertz CT molecular complexity index is 3970. The van der Waals surface area contributed by atoms with Crippen LogP contribution in [0.25, 0.3) is 21.5 Å². The van der Waals surface area contributed by atoms with Crippen molar-refractivity contribution in [3.63, 3.8) is 0 Å². The fraction of sp³-hybridized carbons (Fsp3) is 0.0263. The van der Waals surface area contributed by atoms with Gasteiger partial charge in [0.25, 0.3) is 0 Å². The van der Waals surface area contributed by atoms with E-state index in [0.29, 0.717) is 0 Å². The largest absolute Gasteiger partial charge is 0.311 e. The lowest BCUT2D eigenvalue weighted by Crippen LogP contribution is -2.14. The molecule has 388 valence electrons. The molecule has 0 spiro atoms. The SMILES string of the molecule is Cc1cccc(N(c2ccc(N(c3ccccc3)c3ccc(N(c4ccccc4)c4ccc(N(c5ccccc5)c5ccc(N(c6cccc(C)c6)c6cccc7ccccc67)cc5)cc4)cc3)cc2)c2cccc3ccccc23)c1. The zero-order chi connectivity index (χ0) is 54.5. The first-order chi connectivity index (χ1) is 40.0. The first-order valence-corrected chi connectivity index (χ1v) is 27.7. The van der Waals surface area contributed by atoms with E-state index in [1.54, 1.807) is 0 Å². The molecule has 0 amide bonds. The predicted octanol–water partition coefficient (Wildman–Crippen LogP) is 22.0. The van der Waals surface area contributed by atoms with E-state index in [1.807, 2.05) is 0 Å². The molecule has 13 aromatic rings. The molecule has 0 heterocycles. The Labute approximate surface area is 475 Å². The number of aryl methyl sites for hydroxylation is 2. The molecule has 0 aliphatic carbocycles. The van der Waals surface area contributed by atoms with E-state index >= 15 is 0 Å². The molecule has 5 heteroatoms. The molecule has 0 unspecified atom stereocenters. The minimum absolute atomic E-state index is 1.05. The molecule has 13 aromatic carbocycles. The fourth-order valence-corrected chi connectivity index (χ4v) is 11.3. The maximum atomic E-state index is 2.37. The molecule has 0 aliphatic rings. The van der Waals surface area contributed by atoms with Crippen molar-refractivity contribution in [2.45, 2.75) is 13.8 Å². The number of nitrogens with zero attached hydrogens (tertiary/aromatic N) is 5. The summed E-state index contributed by atoms with van der Waals surface area (Å²) >= 11 is 0. The Morgan fingerprint density at radius 1 is 0.173 bits per heavy atom. The van der Waals surface area contributed by atoms with E-state index in [9.17, 15) is 0 Å². The Morgan fingerprint density at radius 3 is 0.691 bits per heavy atom. The van der Waals surface area contributed by atoms with Crippen LogP contribution in [-0.2, 0) is 0 Å². The summed E-state index contributed by atoms with van der Waals surface area (Å²) < 4.78 is 0. The van der Waals surface area contributed by atoms with Crippen molar-refractivity contribution in [1.29, 1.82) is 0 Å². The third kappa shape index (κ3) is 10.2. The van der Waals surface area contributed by atoms with Gasteiger partial charge in [0.05, 0.1) is 11.4 Å². The zero-order valence-electron chi connectivity index (χ0n) is 45.3. The Balaban J connectivity index is 0.832. The minimum Gasteiger partial charge on any atom is -0.311 e. The minimum atomic E-state index is 1.05. The van der Waals surface area contributed by atoms with Crippen molar-refractivity contribution in [3.8, 4) is 0 Å². The third-order valence-electron chi connectivity index (χ3n) is 15.0. The van der Waals surface area contributed by atoms with Crippen LogP contribution in [0.3, 0.4) is 0 Å². The van der Waals surface area contributed by atoms with Gasteiger partial charge in [-0.15, -0.1) is 0 Å². The van der Waals surface area contributed by atoms with Gasteiger partial charge in [0, 0.05) is 84.7 Å². The second-order valence-corrected chi connectivity index (χ2v) is 20.4. The molecule has 0 N–H and O–H groups in total. The van der Waals surface area contributed by atoms with Gasteiger partial charge in [0.1, 0.15) is 0 Å². The lowest BCUT2D eigenvalue weighted by Gasteiger charge is -2.30. The summed E-state index contributed by atoms with van der Waals surface area (Å²) in [6.07, 6.45) is 0. The average molecular weight is 1040 g/mol. The van der Waals surface area contributed by atoms with Crippen LogP contribution in [0.4, 0.5) is 85.3 Å². The first-order valence-electron chi connectivity index (χ1n) is 27.7. The van der Waals surface area contributed by atoms with Crippen molar-refractivity contribution in [1.82, 2.24) is 0 Å². The smallest absolute Gasteiger partial charge is 0.0540 e. The van der Waals surface area contributed by atoms with Crippen LogP contribution in [-0.4, -0.2) is 0 Å². The Kier molecular flexibility index (Phi) is 13.8. The quantitative estimate of drug-likeness (QED) is 0.101. The van der Waals surface area contributed by atoms with E-state index in [1.165, 1.54) is 32.7 Å². The van der Waals surface area contributed by atoms with Gasteiger partial charge in [-0.1, -0.05) is 152 Å². The van der Waals surface area contributed by atoms with Crippen LogP contribution in [0.1, 0.15) is 11.1 Å². The molecule has 0 radical (unpaired) electrons. The molecule has 81 heavy (non-hydrogen) atoms. The Morgan fingerprint density at radius 2 is 0.395 bits per heavy atom. The van der Waals surface area contributed by atoms with Crippen LogP contribution in [0.5, 0.6) is 0 Å². The Hall–Kier alpha value is -10.6. The highest BCUT2D eigenvalue weighted by Gasteiger charge is 2.22. The molecule has 0 aliphatic heterocycles. The number of fused-ring (bicyclic) bond motifs is 2. The van der Waals surface area contributed by atoms with Crippen LogP contribution in [0, 0.1) is 13.8 Å². The lowest BCUT2D eigenvalue weighted by molar-refractivity contribution is 1.24. The lowest BCUT2D eigenvalue weighted by atomic mass is 10.1. The monoisotopic (exact) mass is 1040 g/mol. The van der Waals surface area contributed by atoms with Crippen molar-refractivity contribution >= 4 is 107 Å². The van der Waals surface area contributed by atoms with Crippen LogP contribution in [0.15, 0.2) is 322 Å². The molecule has 5 nitrogen and oxygen atoms in total. The summed E-state index contributed by atoms with van der Waals surface area (Å²) in [4.78, 5) is 11.7. The number of benzene rings is 13. The molecule has 0 saturated carbocycles. The van der Waals surface area contributed by atoms with Gasteiger partial charge < -0.3 is 24.5 Å². The fourth-order valence-electron chi connectivity index (χ4n) is 11.3. The van der Waals surface area contributed by atoms with Gasteiger partial charge in [-0.3, -0.25) is 0 Å². The van der Waals surface area contributed by atoms with Gasteiger partial charge in [-0.2, -0.15) is 0 Å². The molecule has 0 saturated heterocycles. The first kappa shape index (κ1) is 49.9. The highest BCUT2D eigenvalue weighted by molar-refractivity contribution is 6.00. The second-order valence-electron chi connectivity index (χ2n) is 20.4. The molecule has 0 aromatic heterocycles. The maximum Gasteiger partial charge on any atom is 0.0540 e. The van der Waals surface area contributed by atoms with Crippen LogP contribution in [0.2, 0.25) is 0 Å². The van der Waals surface area contributed by atoms with E-state index in [0.717, 1.165) is 85.3 Å². The molecule has 0 bridgehead atoms. The maximum absolute atomic E-state index is 2.37. The highest BCUT2D eigenvalue weighted by Crippen LogP contribution is 2.45. The van der Waals surface area contributed by atoms with E-state index < -0.39 is 0 Å². The average Bonchev–Trinajstić information content (AvgIpc) is 3.54.